The number of thiophene rings is 1. The topological polar surface area (TPSA) is 59.9 Å². The molecule has 0 unspecified atom stereocenters. The van der Waals surface area contributed by atoms with Gasteiger partial charge in [-0.3, -0.25) is 4.98 Å². The molecule has 0 radical (unpaired) electrons. The molecule has 1 aromatic carbocycles. The van der Waals surface area contributed by atoms with Crippen molar-refractivity contribution in [1.29, 1.82) is 0 Å². The molecular formula is C19H16N4OS. The van der Waals surface area contributed by atoms with Crippen molar-refractivity contribution < 1.29 is 4.74 Å². The number of benzene rings is 1. The maximum absolute atomic E-state index is 5.25. The summed E-state index contributed by atoms with van der Waals surface area (Å²) in [6.45, 7) is 1.90. The fraction of sp³-hybridized carbons (Fsp3) is 0.105. The number of nitrogens with zero attached hydrogens (tertiary/aromatic N) is 3. The van der Waals surface area contributed by atoms with Crippen molar-refractivity contribution in [3.8, 4) is 16.9 Å². The first-order chi connectivity index (χ1) is 12.2. The number of aryl methyl sites for hydroxylation is 1. The van der Waals surface area contributed by atoms with Gasteiger partial charge in [-0.1, -0.05) is 12.1 Å². The zero-order valence-electron chi connectivity index (χ0n) is 13.9. The summed E-state index contributed by atoms with van der Waals surface area (Å²) < 4.78 is 5.25. The minimum atomic E-state index is 0.738. The van der Waals surface area contributed by atoms with Crippen LogP contribution in [0.3, 0.4) is 0 Å². The van der Waals surface area contributed by atoms with Crippen molar-refractivity contribution in [3.05, 3.63) is 60.0 Å². The van der Waals surface area contributed by atoms with Crippen LogP contribution in [0, 0.1) is 6.92 Å². The molecule has 0 saturated heterocycles. The summed E-state index contributed by atoms with van der Waals surface area (Å²) in [6, 6.07) is 11.9. The molecule has 0 spiro atoms. The van der Waals surface area contributed by atoms with Gasteiger partial charge in [-0.2, -0.15) is 0 Å². The Kier molecular flexibility index (Phi) is 4.03. The number of ether oxygens (including phenoxy) is 1. The third-order valence-corrected chi connectivity index (χ3v) is 4.74. The van der Waals surface area contributed by atoms with Crippen LogP contribution in [0.2, 0.25) is 0 Å². The number of aromatic nitrogens is 3. The van der Waals surface area contributed by atoms with Crippen molar-refractivity contribution >= 4 is 33.1 Å². The Morgan fingerprint density at radius 3 is 2.64 bits per heavy atom. The molecule has 0 saturated carbocycles. The van der Waals surface area contributed by atoms with Crippen LogP contribution < -0.4 is 10.1 Å². The van der Waals surface area contributed by atoms with Crippen LogP contribution in [-0.2, 0) is 0 Å². The van der Waals surface area contributed by atoms with Crippen molar-refractivity contribution in [2.45, 2.75) is 6.92 Å². The average molecular weight is 348 g/mol. The highest BCUT2D eigenvalue weighted by Crippen LogP contribution is 2.38. The van der Waals surface area contributed by atoms with Gasteiger partial charge < -0.3 is 10.1 Å². The van der Waals surface area contributed by atoms with Gasteiger partial charge in [0.05, 0.1) is 24.4 Å². The molecule has 1 N–H and O–H groups in total. The van der Waals surface area contributed by atoms with Crippen molar-refractivity contribution in [2.24, 2.45) is 0 Å². The highest BCUT2D eigenvalue weighted by molar-refractivity contribution is 7.17. The van der Waals surface area contributed by atoms with E-state index in [1.54, 1.807) is 30.8 Å². The minimum absolute atomic E-state index is 0.738. The van der Waals surface area contributed by atoms with Gasteiger partial charge in [-0.25, -0.2) is 9.97 Å². The number of hydrogen-bond acceptors (Lipinski definition) is 6. The Hall–Kier alpha value is -2.99. The van der Waals surface area contributed by atoms with E-state index in [0.717, 1.165) is 44.4 Å². The lowest BCUT2D eigenvalue weighted by atomic mass is 10.1. The number of methoxy groups -OCH3 is 1. The molecule has 0 aliphatic heterocycles. The van der Waals surface area contributed by atoms with Gasteiger partial charge in [-0.15, -0.1) is 11.3 Å². The molecule has 0 bridgehead atoms. The van der Waals surface area contributed by atoms with Gasteiger partial charge in [-0.05, 0) is 36.8 Å². The summed E-state index contributed by atoms with van der Waals surface area (Å²) >= 11 is 1.62. The number of nitrogens with one attached hydrogen (secondary N) is 1. The van der Waals surface area contributed by atoms with Gasteiger partial charge in [0.25, 0.3) is 0 Å². The van der Waals surface area contributed by atoms with E-state index in [2.05, 4.69) is 25.6 Å². The van der Waals surface area contributed by atoms with Crippen molar-refractivity contribution in [3.63, 3.8) is 0 Å². The Bertz CT molecular complexity index is 1010. The smallest absolute Gasteiger partial charge is 0.143 e. The lowest BCUT2D eigenvalue weighted by Gasteiger charge is -2.09. The zero-order chi connectivity index (χ0) is 17.2. The van der Waals surface area contributed by atoms with Crippen LogP contribution in [-0.4, -0.2) is 22.1 Å². The maximum atomic E-state index is 5.25. The molecule has 4 aromatic rings. The van der Waals surface area contributed by atoms with E-state index in [1.165, 1.54) is 0 Å². The highest BCUT2D eigenvalue weighted by atomic mass is 32.1. The quantitative estimate of drug-likeness (QED) is 0.573. The normalized spacial score (nSPS) is 10.8. The lowest BCUT2D eigenvalue weighted by Crippen LogP contribution is -1.98. The van der Waals surface area contributed by atoms with Crippen LogP contribution in [0.15, 0.2) is 54.2 Å². The van der Waals surface area contributed by atoms with Crippen LogP contribution in [0.4, 0.5) is 11.5 Å². The SMILES string of the molecule is COc1ccc(-c2csc3nc(C)nc(Nc4cccnc4)c23)cc1. The summed E-state index contributed by atoms with van der Waals surface area (Å²) in [5.74, 6) is 2.37. The summed E-state index contributed by atoms with van der Waals surface area (Å²) in [4.78, 5) is 14.3. The van der Waals surface area contributed by atoms with E-state index < -0.39 is 0 Å². The Balaban J connectivity index is 1.85. The summed E-state index contributed by atoms with van der Waals surface area (Å²) in [6.07, 6.45) is 3.53. The first-order valence-electron chi connectivity index (χ1n) is 7.82. The van der Waals surface area contributed by atoms with Crippen LogP contribution in [0.5, 0.6) is 5.75 Å². The number of hydrogen-bond donors (Lipinski definition) is 1. The van der Waals surface area contributed by atoms with E-state index in [-0.39, 0.29) is 0 Å². The van der Waals surface area contributed by atoms with E-state index in [0.29, 0.717) is 0 Å². The summed E-state index contributed by atoms with van der Waals surface area (Å²) in [7, 11) is 1.67. The number of anilines is 2. The first-order valence-corrected chi connectivity index (χ1v) is 8.70. The molecule has 0 aliphatic carbocycles. The van der Waals surface area contributed by atoms with E-state index in [9.17, 15) is 0 Å². The molecule has 124 valence electrons. The number of rotatable bonds is 4. The molecule has 3 heterocycles. The lowest BCUT2D eigenvalue weighted by molar-refractivity contribution is 0.415. The predicted molar refractivity (Wildman–Crippen MR) is 102 cm³/mol. The minimum Gasteiger partial charge on any atom is -0.497 e. The van der Waals surface area contributed by atoms with E-state index >= 15 is 0 Å². The van der Waals surface area contributed by atoms with E-state index in [1.807, 2.05) is 43.3 Å². The fourth-order valence-electron chi connectivity index (χ4n) is 2.70. The molecular weight excluding hydrogens is 332 g/mol. The third-order valence-electron chi connectivity index (χ3n) is 3.87. The molecule has 0 atom stereocenters. The third kappa shape index (κ3) is 3.04. The molecule has 5 nitrogen and oxygen atoms in total. The largest absolute Gasteiger partial charge is 0.497 e. The molecule has 0 amide bonds. The maximum Gasteiger partial charge on any atom is 0.143 e. The van der Waals surface area contributed by atoms with Gasteiger partial charge in [0.15, 0.2) is 0 Å². The Morgan fingerprint density at radius 2 is 1.92 bits per heavy atom. The average Bonchev–Trinajstić information content (AvgIpc) is 3.06. The predicted octanol–water partition coefficient (Wildman–Crippen LogP) is 4.81. The molecule has 6 heteroatoms. The molecule has 3 aromatic heterocycles. The fourth-order valence-corrected chi connectivity index (χ4v) is 3.69. The Morgan fingerprint density at radius 1 is 1.08 bits per heavy atom. The molecule has 0 fully saturated rings. The second-order valence-electron chi connectivity index (χ2n) is 5.54. The zero-order valence-corrected chi connectivity index (χ0v) is 14.7. The van der Waals surface area contributed by atoms with Gasteiger partial charge in [0.1, 0.15) is 22.2 Å². The monoisotopic (exact) mass is 348 g/mol. The van der Waals surface area contributed by atoms with Gasteiger partial charge >= 0.3 is 0 Å². The van der Waals surface area contributed by atoms with Crippen LogP contribution >= 0.6 is 11.3 Å². The number of pyridine rings is 1. The van der Waals surface area contributed by atoms with Gasteiger partial charge in [0.2, 0.25) is 0 Å². The van der Waals surface area contributed by atoms with Crippen molar-refractivity contribution in [2.75, 3.05) is 12.4 Å². The standard InChI is InChI=1S/C19H16N4OS/c1-12-21-18(23-14-4-3-9-20-10-14)17-16(11-25-19(17)22-12)13-5-7-15(24-2)8-6-13/h3-11H,1-2H3,(H,21,22,23). The second-order valence-corrected chi connectivity index (χ2v) is 6.40. The van der Waals surface area contributed by atoms with Crippen LogP contribution in [0.1, 0.15) is 5.82 Å². The number of fused-ring (bicyclic) bond motifs is 1. The highest BCUT2D eigenvalue weighted by Gasteiger charge is 2.14. The van der Waals surface area contributed by atoms with Gasteiger partial charge in [0, 0.05) is 17.1 Å². The second kappa shape index (κ2) is 6.49. The summed E-state index contributed by atoms with van der Waals surface area (Å²) in [5.41, 5.74) is 3.11. The van der Waals surface area contributed by atoms with E-state index in [4.69, 9.17) is 4.74 Å². The molecule has 0 aliphatic rings. The summed E-state index contributed by atoms with van der Waals surface area (Å²) in [5, 5.41) is 6.51. The Labute approximate surface area is 149 Å². The molecule has 4 rings (SSSR count). The first kappa shape index (κ1) is 15.5. The van der Waals surface area contributed by atoms with Crippen LogP contribution in [0.25, 0.3) is 21.3 Å². The van der Waals surface area contributed by atoms with Crippen molar-refractivity contribution in [1.82, 2.24) is 15.0 Å². The molecule has 25 heavy (non-hydrogen) atoms.